The van der Waals surface area contributed by atoms with E-state index in [0.29, 0.717) is 25.0 Å². The highest BCUT2D eigenvalue weighted by Crippen LogP contribution is 2.30. The topological polar surface area (TPSA) is 36.9 Å². The molecule has 0 aromatic rings. The van der Waals surface area contributed by atoms with Crippen molar-refractivity contribution in [2.75, 3.05) is 64.6 Å². The molecule has 20 heavy (non-hydrogen) atoms. The maximum atomic E-state index is 5.92. The van der Waals surface area contributed by atoms with Gasteiger partial charge >= 0.3 is 0 Å². The molecule has 0 bridgehead atoms. The first kappa shape index (κ1) is 16.8. The number of ether oxygens (including phenoxy) is 4. The zero-order valence-corrected chi connectivity index (χ0v) is 13.4. The number of hydrogen-bond acceptors (Lipinski definition) is 4. The van der Waals surface area contributed by atoms with Gasteiger partial charge in [-0.05, 0) is 12.8 Å². The maximum absolute atomic E-state index is 5.92. The molecule has 118 valence electrons. The van der Waals surface area contributed by atoms with Crippen LogP contribution in [0.3, 0.4) is 0 Å². The zero-order valence-electron chi connectivity index (χ0n) is 11.9. The van der Waals surface area contributed by atoms with Crippen LogP contribution >= 0.6 is 23.2 Å². The molecule has 2 aliphatic heterocycles. The van der Waals surface area contributed by atoms with Gasteiger partial charge < -0.3 is 18.9 Å². The zero-order chi connectivity index (χ0) is 14.3. The van der Waals surface area contributed by atoms with Crippen LogP contribution in [0.2, 0.25) is 0 Å². The molecule has 2 rings (SSSR count). The highest BCUT2D eigenvalue weighted by Gasteiger charge is 2.38. The van der Waals surface area contributed by atoms with Gasteiger partial charge in [-0.1, -0.05) is 0 Å². The second kappa shape index (κ2) is 8.16. The summed E-state index contributed by atoms with van der Waals surface area (Å²) in [4.78, 5) is 0. The van der Waals surface area contributed by atoms with E-state index in [0.717, 1.165) is 52.5 Å². The predicted octanol–water partition coefficient (Wildman–Crippen LogP) is 2.31. The van der Waals surface area contributed by atoms with Crippen molar-refractivity contribution in [3.63, 3.8) is 0 Å². The van der Waals surface area contributed by atoms with Crippen LogP contribution in [0.15, 0.2) is 0 Å². The van der Waals surface area contributed by atoms with Crippen molar-refractivity contribution in [1.29, 1.82) is 0 Å². The first-order valence-corrected chi connectivity index (χ1v) is 8.24. The molecule has 6 heteroatoms. The molecule has 0 aromatic carbocycles. The summed E-state index contributed by atoms with van der Waals surface area (Å²) in [5.41, 5.74) is 0.129. The van der Waals surface area contributed by atoms with Crippen molar-refractivity contribution in [1.82, 2.24) is 0 Å². The van der Waals surface area contributed by atoms with E-state index in [2.05, 4.69) is 0 Å². The first-order valence-electron chi connectivity index (χ1n) is 7.17. The minimum atomic E-state index is 0.0645. The quantitative estimate of drug-likeness (QED) is 0.431. The van der Waals surface area contributed by atoms with E-state index >= 15 is 0 Å². The number of rotatable bonds is 11. The van der Waals surface area contributed by atoms with Gasteiger partial charge in [0.25, 0.3) is 0 Å². The Balaban J connectivity index is 1.40. The molecule has 0 saturated carbocycles. The van der Waals surface area contributed by atoms with Crippen molar-refractivity contribution < 1.29 is 18.9 Å². The Hall–Kier alpha value is 0.420. The van der Waals surface area contributed by atoms with Gasteiger partial charge in [-0.15, -0.1) is 23.2 Å². The highest BCUT2D eigenvalue weighted by molar-refractivity contribution is 6.18. The van der Waals surface area contributed by atoms with Crippen molar-refractivity contribution in [2.45, 2.75) is 12.8 Å². The maximum Gasteiger partial charge on any atom is 0.0578 e. The Kier molecular flexibility index (Phi) is 6.85. The average Bonchev–Trinajstić information content (AvgIpc) is 2.38. The van der Waals surface area contributed by atoms with Crippen molar-refractivity contribution in [3.05, 3.63) is 0 Å². The van der Waals surface area contributed by atoms with Crippen LogP contribution in [0.4, 0.5) is 0 Å². The SMILES string of the molecule is ClCC1(COCCCCOCC2(CCl)COC2)COC1. The Labute approximate surface area is 131 Å². The summed E-state index contributed by atoms with van der Waals surface area (Å²) in [5.74, 6) is 1.22. The van der Waals surface area contributed by atoms with E-state index in [1.807, 2.05) is 0 Å². The minimum Gasteiger partial charge on any atom is -0.381 e. The summed E-state index contributed by atoms with van der Waals surface area (Å²) in [7, 11) is 0. The lowest BCUT2D eigenvalue weighted by molar-refractivity contribution is -0.138. The van der Waals surface area contributed by atoms with Crippen molar-refractivity contribution in [2.24, 2.45) is 10.8 Å². The smallest absolute Gasteiger partial charge is 0.0578 e. The third-order valence-corrected chi connectivity index (χ3v) is 4.98. The third-order valence-electron chi connectivity index (χ3n) is 3.84. The van der Waals surface area contributed by atoms with Gasteiger partial charge in [0.2, 0.25) is 0 Å². The largest absolute Gasteiger partial charge is 0.381 e. The Morgan fingerprint density at radius 3 is 1.40 bits per heavy atom. The molecule has 0 amide bonds. The van der Waals surface area contributed by atoms with Crippen LogP contribution < -0.4 is 0 Å². The van der Waals surface area contributed by atoms with Crippen LogP contribution in [0.1, 0.15) is 12.8 Å². The third kappa shape index (κ3) is 4.46. The minimum absolute atomic E-state index is 0.0645. The monoisotopic (exact) mass is 326 g/mol. The summed E-state index contributed by atoms with van der Waals surface area (Å²) in [5, 5.41) is 0. The number of halogens is 2. The Bertz CT molecular complexity index is 241. The lowest BCUT2D eigenvalue weighted by Gasteiger charge is -2.39. The second-order valence-electron chi connectivity index (χ2n) is 6.07. The predicted molar refractivity (Wildman–Crippen MR) is 78.8 cm³/mol. The second-order valence-corrected chi connectivity index (χ2v) is 6.60. The fraction of sp³-hybridized carbons (Fsp3) is 1.00. The standard InChI is InChI=1S/C14H24Cl2O4/c15-5-13(9-19-10-13)7-17-3-1-2-4-18-8-14(6-16)11-20-12-14/h1-12H2. The molecule has 0 aromatic heterocycles. The van der Waals surface area contributed by atoms with Gasteiger partial charge in [0.1, 0.15) is 0 Å². The molecule has 0 radical (unpaired) electrons. The van der Waals surface area contributed by atoms with Crippen LogP contribution in [0, 0.1) is 10.8 Å². The molecule has 0 aliphatic carbocycles. The molecule has 0 N–H and O–H groups in total. The van der Waals surface area contributed by atoms with Crippen molar-refractivity contribution in [3.8, 4) is 0 Å². The van der Waals surface area contributed by atoms with E-state index in [4.69, 9.17) is 42.1 Å². The summed E-state index contributed by atoms with van der Waals surface area (Å²) in [6.07, 6.45) is 2.01. The molecule has 2 heterocycles. The van der Waals surface area contributed by atoms with Gasteiger partial charge in [-0.3, -0.25) is 0 Å². The molecular formula is C14H24Cl2O4. The molecular weight excluding hydrogens is 303 g/mol. The highest BCUT2D eigenvalue weighted by atomic mass is 35.5. The van der Waals surface area contributed by atoms with E-state index in [-0.39, 0.29) is 10.8 Å². The van der Waals surface area contributed by atoms with Gasteiger partial charge in [0.05, 0.1) is 50.5 Å². The molecule has 0 spiro atoms. The van der Waals surface area contributed by atoms with Gasteiger partial charge in [0.15, 0.2) is 0 Å². The fourth-order valence-corrected chi connectivity index (χ4v) is 2.63. The number of unbranched alkanes of at least 4 members (excludes halogenated alkanes) is 1. The summed E-state index contributed by atoms with van der Waals surface area (Å²) >= 11 is 11.8. The van der Waals surface area contributed by atoms with Crippen LogP contribution in [-0.2, 0) is 18.9 Å². The van der Waals surface area contributed by atoms with E-state index < -0.39 is 0 Å². The van der Waals surface area contributed by atoms with Gasteiger partial charge in [-0.2, -0.15) is 0 Å². The van der Waals surface area contributed by atoms with E-state index in [1.165, 1.54) is 0 Å². The average molecular weight is 327 g/mol. The molecule has 0 unspecified atom stereocenters. The lowest BCUT2D eigenvalue weighted by atomic mass is 9.89. The van der Waals surface area contributed by atoms with Crippen LogP contribution in [-0.4, -0.2) is 64.6 Å². The fourth-order valence-electron chi connectivity index (χ4n) is 2.17. The first-order chi connectivity index (χ1) is 9.74. The lowest BCUT2D eigenvalue weighted by Crippen LogP contribution is -2.48. The van der Waals surface area contributed by atoms with Gasteiger partial charge in [0, 0.05) is 25.0 Å². The number of hydrogen-bond donors (Lipinski definition) is 0. The molecule has 4 nitrogen and oxygen atoms in total. The van der Waals surface area contributed by atoms with Crippen LogP contribution in [0.5, 0.6) is 0 Å². The molecule has 2 fully saturated rings. The molecule has 2 saturated heterocycles. The molecule has 0 atom stereocenters. The summed E-state index contributed by atoms with van der Waals surface area (Å²) in [6, 6.07) is 0. The van der Waals surface area contributed by atoms with E-state index in [1.54, 1.807) is 0 Å². The van der Waals surface area contributed by atoms with Gasteiger partial charge in [-0.25, -0.2) is 0 Å². The molecule has 2 aliphatic rings. The van der Waals surface area contributed by atoms with Crippen LogP contribution in [0.25, 0.3) is 0 Å². The Morgan fingerprint density at radius 2 is 1.15 bits per heavy atom. The number of alkyl halides is 2. The summed E-state index contributed by atoms with van der Waals surface area (Å²) in [6.45, 7) is 5.81. The Morgan fingerprint density at radius 1 is 0.750 bits per heavy atom. The normalized spacial score (nSPS) is 23.1. The van der Waals surface area contributed by atoms with Crippen molar-refractivity contribution >= 4 is 23.2 Å². The summed E-state index contributed by atoms with van der Waals surface area (Å²) < 4.78 is 21.7. The van der Waals surface area contributed by atoms with E-state index in [9.17, 15) is 0 Å².